The highest BCUT2D eigenvalue weighted by Gasteiger charge is 2.40. The number of rotatable bonds is 2. The number of anilines is 4. The van der Waals surface area contributed by atoms with Crippen molar-refractivity contribution in [1.82, 2.24) is 0 Å². The lowest BCUT2D eigenvalue weighted by Gasteiger charge is -2.33. The molecular formula is C44H36N4O4. The fourth-order valence-corrected chi connectivity index (χ4v) is 8.99. The van der Waals surface area contributed by atoms with Gasteiger partial charge in [-0.3, -0.25) is 19.2 Å². The van der Waals surface area contributed by atoms with Crippen molar-refractivity contribution < 1.29 is 19.2 Å². The number of hydrogen-bond donors (Lipinski definition) is 2. The molecule has 0 radical (unpaired) electrons. The van der Waals surface area contributed by atoms with E-state index in [0.717, 1.165) is 76.8 Å². The van der Waals surface area contributed by atoms with Gasteiger partial charge in [0.15, 0.2) is 0 Å². The lowest BCUT2D eigenvalue weighted by molar-refractivity contribution is 0.0877. The molecule has 0 aliphatic carbocycles. The Morgan fingerprint density at radius 1 is 0.346 bits per heavy atom. The second-order valence-corrected chi connectivity index (χ2v) is 14.6. The smallest absolute Gasteiger partial charge is 0.266 e. The highest BCUT2D eigenvalue weighted by Crippen LogP contribution is 2.48. The summed E-state index contributed by atoms with van der Waals surface area (Å²) in [4.78, 5) is 60.4. The van der Waals surface area contributed by atoms with Crippen molar-refractivity contribution in [2.45, 2.75) is 55.4 Å². The number of imide groups is 2. The molecule has 2 aliphatic rings. The molecule has 0 bridgehead atoms. The average molecular weight is 685 g/mol. The predicted molar refractivity (Wildman–Crippen MR) is 210 cm³/mol. The number of nitrogens with zero attached hydrogens (tertiary/aromatic N) is 2. The van der Waals surface area contributed by atoms with E-state index < -0.39 is 0 Å². The van der Waals surface area contributed by atoms with Crippen molar-refractivity contribution in [1.29, 1.82) is 0 Å². The minimum Gasteiger partial charge on any atom is -0.398 e. The number of nitrogen functional groups attached to an aromatic ring is 2. The van der Waals surface area contributed by atoms with Crippen LogP contribution in [-0.4, -0.2) is 23.6 Å². The summed E-state index contributed by atoms with van der Waals surface area (Å²) in [5, 5.41) is 6.18. The topological polar surface area (TPSA) is 127 Å². The van der Waals surface area contributed by atoms with E-state index in [2.05, 4.69) is 0 Å². The second kappa shape index (κ2) is 10.2. The van der Waals surface area contributed by atoms with Gasteiger partial charge in [0.1, 0.15) is 0 Å². The molecule has 4 amide bonds. The zero-order valence-electron chi connectivity index (χ0n) is 30.3. The highest BCUT2D eigenvalue weighted by atomic mass is 16.2. The molecule has 8 nitrogen and oxygen atoms in total. The first kappa shape index (κ1) is 31.7. The van der Waals surface area contributed by atoms with Crippen LogP contribution in [0.2, 0.25) is 0 Å². The Hall–Kier alpha value is -6.28. The van der Waals surface area contributed by atoms with Crippen molar-refractivity contribution >= 4 is 89.5 Å². The first-order chi connectivity index (χ1) is 24.7. The van der Waals surface area contributed by atoms with Gasteiger partial charge in [0, 0.05) is 44.4 Å². The van der Waals surface area contributed by atoms with Gasteiger partial charge in [0.25, 0.3) is 23.6 Å². The van der Waals surface area contributed by atoms with Gasteiger partial charge in [-0.25, -0.2) is 9.80 Å². The number of hydrogen-bond acceptors (Lipinski definition) is 6. The number of carbonyl (C=O) groups is 4. The van der Waals surface area contributed by atoms with Crippen LogP contribution in [-0.2, 0) is 0 Å². The lowest BCUT2D eigenvalue weighted by atomic mass is 9.81. The maximum absolute atomic E-state index is 14.4. The number of benzene rings is 7. The van der Waals surface area contributed by atoms with Gasteiger partial charge in [-0.2, -0.15) is 0 Å². The molecular weight excluding hydrogens is 649 g/mol. The molecule has 4 N–H and O–H groups in total. The van der Waals surface area contributed by atoms with Crippen LogP contribution in [0.5, 0.6) is 0 Å². The quantitative estimate of drug-likeness (QED) is 0.0810. The van der Waals surface area contributed by atoms with E-state index in [0.29, 0.717) is 55.8 Å². The van der Waals surface area contributed by atoms with E-state index >= 15 is 0 Å². The van der Waals surface area contributed by atoms with Crippen LogP contribution in [0, 0.1) is 55.4 Å². The van der Waals surface area contributed by atoms with Gasteiger partial charge in [-0.15, -0.1) is 0 Å². The van der Waals surface area contributed by atoms with Gasteiger partial charge < -0.3 is 11.5 Å². The maximum Gasteiger partial charge on any atom is 0.266 e. The zero-order chi connectivity index (χ0) is 37.0. The molecule has 0 fully saturated rings. The fraction of sp³-hybridized carbons (Fsp3) is 0.182. The van der Waals surface area contributed by atoms with Crippen LogP contribution < -0.4 is 21.3 Å². The SMILES string of the molecule is Cc1c(C)c(N2C(=O)c3ccc4c5ccc6c7c(ccc(c8ccc(c3c48)C2=O)c75)C(=O)N(c2c(C)c(C)c(N)c(C)c2C)C6=O)c(C)c(C)c1N. The Balaban J connectivity index is 1.29. The fourth-order valence-electron chi connectivity index (χ4n) is 8.99. The average Bonchev–Trinajstić information content (AvgIpc) is 3.14. The van der Waals surface area contributed by atoms with Crippen LogP contribution in [0.1, 0.15) is 85.9 Å². The Morgan fingerprint density at radius 3 is 0.808 bits per heavy atom. The van der Waals surface area contributed by atoms with Gasteiger partial charge >= 0.3 is 0 Å². The predicted octanol–water partition coefficient (Wildman–Crippen LogP) is 8.97. The zero-order valence-corrected chi connectivity index (χ0v) is 30.3. The molecule has 256 valence electrons. The first-order valence-electron chi connectivity index (χ1n) is 17.4. The lowest BCUT2D eigenvalue weighted by Crippen LogP contribution is -2.41. The van der Waals surface area contributed by atoms with Crippen molar-refractivity contribution in [3.05, 3.63) is 115 Å². The summed E-state index contributed by atoms with van der Waals surface area (Å²) in [5.74, 6) is -1.55. The van der Waals surface area contributed by atoms with Crippen molar-refractivity contribution in [3.63, 3.8) is 0 Å². The second-order valence-electron chi connectivity index (χ2n) is 14.6. The molecule has 2 heterocycles. The van der Waals surface area contributed by atoms with E-state index in [1.165, 1.54) is 9.80 Å². The molecule has 0 unspecified atom stereocenters. The van der Waals surface area contributed by atoms with Gasteiger partial charge in [-0.1, -0.05) is 24.3 Å². The summed E-state index contributed by atoms with van der Waals surface area (Å²) in [7, 11) is 0. The van der Waals surface area contributed by atoms with Gasteiger partial charge in [0.05, 0.1) is 11.4 Å². The van der Waals surface area contributed by atoms with Crippen LogP contribution in [0.3, 0.4) is 0 Å². The Morgan fingerprint density at radius 2 is 0.577 bits per heavy atom. The van der Waals surface area contributed by atoms with Crippen LogP contribution >= 0.6 is 0 Å². The van der Waals surface area contributed by atoms with Crippen molar-refractivity contribution in [2.24, 2.45) is 0 Å². The standard InChI is InChI=1S/C44H36N4O4/c1-17-21(5)39(22(6)18(2)37(17)45)47-41(49)29-13-9-25-27-11-15-31-36-32(16-12-28(34(27)36)26-10-14-30(42(47)50)35(29)33(25)26)44(52)48(43(31)51)40-23(7)19(3)38(46)20(4)24(40)8/h9-16H,45-46H2,1-8H3. The van der Waals surface area contributed by atoms with Crippen molar-refractivity contribution in [3.8, 4) is 0 Å². The first-order valence-corrected chi connectivity index (χ1v) is 17.4. The maximum atomic E-state index is 14.4. The molecule has 7 aromatic rings. The molecule has 52 heavy (non-hydrogen) atoms. The minimum atomic E-state index is -0.387. The Labute approximate surface area is 299 Å². The molecule has 8 heteroatoms. The molecule has 7 aromatic carbocycles. The minimum absolute atomic E-state index is 0.387. The third-order valence-electron chi connectivity index (χ3n) is 12.4. The summed E-state index contributed by atoms with van der Waals surface area (Å²) < 4.78 is 0. The summed E-state index contributed by atoms with van der Waals surface area (Å²) in [6.07, 6.45) is 0. The number of fused-ring (bicyclic) bond motifs is 2. The summed E-state index contributed by atoms with van der Waals surface area (Å²) in [5.41, 5.74) is 23.5. The van der Waals surface area contributed by atoms with E-state index in [-0.39, 0.29) is 23.6 Å². The summed E-state index contributed by atoms with van der Waals surface area (Å²) >= 11 is 0. The van der Waals surface area contributed by atoms with E-state index in [9.17, 15) is 19.2 Å². The molecule has 0 atom stereocenters. The molecule has 0 spiro atoms. The molecule has 0 saturated carbocycles. The van der Waals surface area contributed by atoms with E-state index in [1.807, 2.05) is 79.7 Å². The number of amides is 4. The van der Waals surface area contributed by atoms with E-state index in [4.69, 9.17) is 11.5 Å². The Bertz CT molecular complexity index is 2560. The summed E-state index contributed by atoms with van der Waals surface area (Å²) in [6.45, 7) is 15.2. The van der Waals surface area contributed by atoms with Crippen LogP contribution in [0.4, 0.5) is 22.7 Å². The highest BCUT2D eigenvalue weighted by molar-refractivity contribution is 6.45. The third kappa shape index (κ3) is 3.56. The molecule has 0 aromatic heterocycles. The Kier molecular flexibility index (Phi) is 6.19. The van der Waals surface area contributed by atoms with Crippen LogP contribution in [0.25, 0.3) is 43.1 Å². The van der Waals surface area contributed by atoms with Crippen molar-refractivity contribution in [2.75, 3.05) is 21.3 Å². The van der Waals surface area contributed by atoms with E-state index in [1.54, 1.807) is 24.3 Å². The van der Waals surface area contributed by atoms with Gasteiger partial charge in [0.2, 0.25) is 0 Å². The normalized spacial score (nSPS) is 14.4. The molecule has 0 saturated heterocycles. The number of carbonyl (C=O) groups excluding carboxylic acids is 4. The molecule has 2 aliphatic heterocycles. The monoisotopic (exact) mass is 684 g/mol. The summed E-state index contributed by atoms with van der Waals surface area (Å²) in [6, 6.07) is 14.9. The largest absolute Gasteiger partial charge is 0.398 e. The van der Waals surface area contributed by atoms with Gasteiger partial charge in [-0.05, 0) is 156 Å². The van der Waals surface area contributed by atoms with Crippen LogP contribution in [0.15, 0.2) is 48.5 Å². The third-order valence-corrected chi connectivity index (χ3v) is 12.4. The molecule has 9 rings (SSSR count). The number of nitrogens with two attached hydrogens (primary N) is 2.